The van der Waals surface area contributed by atoms with Crippen LogP contribution in [0.3, 0.4) is 0 Å². The quantitative estimate of drug-likeness (QED) is 0.575. The van der Waals surface area contributed by atoms with Gasteiger partial charge in [-0.15, -0.1) is 0 Å². The molecule has 0 aliphatic heterocycles. The molecule has 108 valence electrons. The van der Waals surface area contributed by atoms with E-state index in [-0.39, 0.29) is 5.91 Å². The summed E-state index contributed by atoms with van der Waals surface area (Å²) in [6.45, 7) is 0. The fourth-order valence-electron chi connectivity index (χ4n) is 1.97. The Labute approximate surface area is 122 Å². The highest BCUT2D eigenvalue weighted by Crippen LogP contribution is 2.05. The van der Waals surface area contributed by atoms with Crippen LogP contribution in [-0.4, -0.2) is 23.1 Å². The van der Waals surface area contributed by atoms with Gasteiger partial charge in [-0.25, -0.2) is 5.48 Å². The highest BCUT2D eigenvalue weighted by Gasteiger charge is 2.21. The average Bonchev–Trinajstić information content (AvgIpc) is 2.55. The third-order valence-electron chi connectivity index (χ3n) is 3.05. The van der Waals surface area contributed by atoms with Crippen LogP contribution in [0.2, 0.25) is 0 Å². The van der Waals surface area contributed by atoms with Crippen LogP contribution in [0.5, 0.6) is 0 Å². The van der Waals surface area contributed by atoms with E-state index in [9.17, 15) is 9.59 Å². The number of rotatable bonds is 5. The third kappa shape index (κ3) is 4.15. The standard InChI is InChI=1S/C16H16N2O3/c19-15(13-9-5-2-6-10-13)17-14(16(20)18-21)11-12-7-3-1-4-8-12/h1-10,14,21H,11H2,(H,17,19)(H,18,20)/t14-/m1/s1. The molecule has 3 N–H and O–H groups in total. The molecule has 0 aromatic heterocycles. The molecule has 0 radical (unpaired) electrons. The second kappa shape index (κ2) is 7.21. The van der Waals surface area contributed by atoms with Gasteiger partial charge in [0, 0.05) is 12.0 Å². The lowest BCUT2D eigenvalue weighted by molar-refractivity contribution is -0.131. The molecule has 5 nitrogen and oxygen atoms in total. The van der Waals surface area contributed by atoms with Crippen molar-refractivity contribution in [2.45, 2.75) is 12.5 Å². The molecule has 2 amide bonds. The average molecular weight is 284 g/mol. The fraction of sp³-hybridized carbons (Fsp3) is 0.125. The number of hydroxylamine groups is 1. The van der Waals surface area contributed by atoms with Gasteiger partial charge in [0.05, 0.1) is 0 Å². The van der Waals surface area contributed by atoms with Crippen molar-refractivity contribution in [2.75, 3.05) is 0 Å². The highest BCUT2D eigenvalue weighted by molar-refractivity contribution is 5.97. The monoisotopic (exact) mass is 284 g/mol. The van der Waals surface area contributed by atoms with Crippen molar-refractivity contribution in [1.29, 1.82) is 0 Å². The second-order valence-corrected chi connectivity index (χ2v) is 4.56. The Morgan fingerprint density at radius 2 is 1.52 bits per heavy atom. The van der Waals surface area contributed by atoms with Gasteiger partial charge in [0.15, 0.2) is 0 Å². The van der Waals surface area contributed by atoms with E-state index in [1.807, 2.05) is 30.3 Å². The Hall–Kier alpha value is -2.66. The summed E-state index contributed by atoms with van der Waals surface area (Å²) in [5.41, 5.74) is 2.94. The van der Waals surface area contributed by atoms with Crippen LogP contribution in [0.4, 0.5) is 0 Å². The number of carbonyl (C=O) groups is 2. The number of hydrogen-bond donors (Lipinski definition) is 3. The molecular weight excluding hydrogens is 268 g/mol. The van der Waals surface area contributed by atoms with Crippen molar-refractivity contribution in [3.05, 3.63) is 71.8 Å². The Bertz CT molecular complexity index is 599. The van der Waals surface area contributed by atoms with Crippen molar-refractivity contribution >= 4 is 11.8 Å². The van der Waals surface area contributed by atoms with Gasteiger partial charge in [-0.3, -0.25) is 14.8 Å². The van der Waals surface area contributed by atoms with Gasteiger partial charge < -0.3 is 5.32 Å². The van der Waals surface area contributed by atoms with Gasteiger partial charge in [-0.2, -0.15) is 0 Å². The van der Waals surface area contributed by atoms with Crippen LogP contribution in [0.25, 0.3) is 0 Å². The normalized spacial score (nSPS) is 11.5. The van der Waals surface area contributed by atoms with Gasteiger partial charge in [-0.05, 0) is 17.7 Å². The van der Waals surface area contributed by atoms with Crippen molar-refractivity contribution in [2.24, 2.45) is 0 Å². The molecule has 5 heteroatoms. The number of hydrogen-bond acceptors (Lipinski definition) is 3. The fourth-order valence-corrected chi connectivity index (χ4v) is 1.97. The van der Waals surface area contributed by atoms with Crippen LogP contribution in [-0.2, 0) is 11.2 Å². The lowest BCUT2D eigenvalue weighted by Crippen LogP contribution is -2.47. The van der Waals surface area contributed by atoms with E-state index in [0.29, 0.717) is 12.0 Å². The maximum Gasteiger partial charge on any atom is 0.266 e. The highest BCUT2D eigenvalue weighted by atomic mass is 16.5. The van der Waals surface area contributed by atoms with Gasteiger partial charge in [0.2, 0.25) is 0 Å². The van der Waals surface area contributed by atoms with E-state index in [2.05, 4.69) is 5.32 Å². The van der Waals surface area contributed by atoms with Gasteiger partial charge in [0.1, 0.15) is 6.04 Å². The molecule has 21 heavy (non-hydrogen) atoms. The molecule has 0 saturated heterocycles. The van der Waals surface area contributed by atoms with Crippen LogP contribution < -0.4 is 10.8 Å². The predicted molar refractivity (Wildman–Crippen MR) is 77.8 cm³/mol. The minimum Gasteiger partial charge on any atom is -0.340 e. The van der Waals surface area contributed by atoms with E-state index in [4.69, 9.17) is 5.21 Å². The summed E-state index contributed by atoms with van der Waals surface area (Å²) >= 11 is 0. The zero-order chi connectivity index (χ0) is 15.1. The van der Waals surface area contributed by atoms with Crippen molar-refractivity contribution in [1.82, 2.24) is 10.8 Å². The summed E-state index contributed by atoms with van der Waals surface area (Å²) in [6.07, 6.45) is 0.297. The van der Waals surface area contributed by atoms with E-state index < -0.39 is 11.9 Å². The zero-order valence-corrected chi connectivity index (χ0v) is 11.3. The number of carbonyl (C=O) groups excluding carboxylic acids is 2. The SMILES string of the molecule is O=C(N[C@H](Cc1ccccc1)C(=O)NO)c1ccccc1. The molecule has 0 fully saturated rings. The molecule has 2 aromatic carbocycles. The Morgan fingerprint density at radius 1 is 0.952 bits per heavy atom. The first-order valence-corrected chi connectivity index (χ1v) is 6.54. The summed E-state index contributed by atoms with van der Waals surface area (Å²) < 4.78 is 0. The molecule has 1 atom stereocenters. The molecular formula is C16H16N2O3. The zero-order valence-electron chi connectivity index (χ0n) is 11.3. The molecule has 0 heterocycles. The first kappa shape index (κ1) is 14.7. The van der Waals surface area contributed by atoms with Crippen molar-refractivity contribution in [3.8, 4) is 0 Å². The third-order valence-corrected chi connectivity index (χ3v) is 3.05. The van der Waals surface area contributed by atoms with E-state index in [1.165, 1.54) is 0 Å². The smallest absolute Gasteiger partial charge is 0.266 e. The maximum absolute atomic E-state index is 12.1. The van der Waals surface area contributed by atoms with E-state index in [0.717, 1.165) is 5.56 Å². The number of benzene rings is 2. The molecule has 2 rings (SSSR count). The van der Waals surface area contributed by atoms with Crippen molar-refractivity contribution < 1.29 is 14.8 Å². The van der Waals surface area contributed by atoms with Gasteiger partial charge in [-0.1, -0.05) is 48.5 Å². The summed E-state index contributed by atoms with van der Waals surface area (Å²) in [5, 5.41) is 11.4. The Balaban J connectivity index is 2.10. The number of amides is 2. The summed E-state index contributed by atoms with van der Waals surface area (Å²) in [5.74, 6) is -1.01. The minimum absolute atomic E-state index is 0.297. The van der Waals surface area contributed by atoms with Crippen LogP contribution >= 0.6 is 0 Å². The van der Waals surface area contributed by atoms with Crippen LogP contribution in [0.1, 0.15) is 15.9 Å². The molecule has 0 bridgehead atoms. The largest absolute Gasteiger partial charge is 0.340 e. The predicted octanol–water partition coefficient (Wildman–Crippen LogP) is 1.53. The minimum atomic E-state index is -0.842. The first-order chi connectivity index (χ1) is 10.2. The lowest BCUT2D eigenvalue weighted by Gasteiger charge is -2.17. The number of nitrogens with one attached hydrogen (secondary N) is 2. The first-order valence-electron chi connectivity index (χ1n) is 6.54. The molecule has 2 aromatic rings. The van der Waals surface area contributed by atoms with Crippen molar-refractivity contribution in [3.63, 3.8) is 0 Å². The second-order valence-electron chi connectivity index (χ2n) is 4.56. The summed E-state index contributed by atoms with van der Waals surface area (Å²) in [6, 6.07) is 17.0. The summed E-state index contributed by atoms with van der Waals surface area (Å²) in [7, 11) is 0. The lowest BCUT2D eigenvalue weighted by atomic mass is 10.0. The molecule has 0 aliphatic carbocycles. The van der Waals surface area contributed by atoms with E-state index >= 15 is 0 Å². The molecule has 0 unspecified atom stereocenters. The van der Waals surface area contributed by atoms with E-state index in [1.54, 1.807) is 35.8 Å². The van der Waals surface area contributed by atoms with Crippen LogP contribution in [0, 0.1) is 0 Å². The molecule has 0 aliphatic rings. The molecule has 0 saturated carbocycles. The summed E-state index contributed by atoms with van der Waals surface area (Å²) in [4.78, 5) is 23.8. The topological polar surface area (TPSA) is 78.4 Å². The molecule has 0 spiro atoms. The van der Waals surface area contributed by atoms with Crippen LogP contribution in [0.15, 0.2) is 60.7 Å². The van der Waals surface area contributed by atoms with Gasteiger partial charge >= 0.3 is 0 Å². The van der Waals surface area contributed by atoms with Gasteiger partial charge in [0.25, 0.3) is 11.8 Å². The Kier molecular flexibility index (Phi) is 5.06. The Morgan fingerprint density at radius 3 is 2.10 bits per heavy atom. The maximum atomic E-state index is 12.1.